The topological polar surface area (TPSA) is 38.3 Å². The van der Waals surface area contributed by atoms with Crippen molar-refractivity contribution < 1.29 is 9.53 Å². The molecule has 0 heterocycles. The molecule has 4 aliphatic carbocycles. The predicted octanol–water partition coefficient (Wildman–Crippen LogP) is 12.5. The molecule has 0 aromatic rings. The van der Waals surface area contributed by atoms with Crippen LogP contribution in [0.3, 0.4) is 0 Å². The number of nitrogens with one attached hydrogen (secondary N) is 1. The number of carbonyl (C=O) groups is 1. The zero-order chi connectivity index (χ0) is 32.8. The maximum Gasteiger partial charge on any atom is 0.220 e. The summed E-state index contributed by atoms with van der Waals surface area (Å²) < 4.78 is 5.83. The maximum absolute atomic E-state index is 12.8. The van der Waals surface area contributed by atoms with Crippen LogP contribution in [-0.2, 0) is 9.53 Å². The fourth-order valence-electron chi connectivity index (χ4n) is 12.0. The number of hydrogen-bond donors (Lipinski definition) is 1. The van der Waals surface area contributed by atoms with Gasteiger partial charge in [0.2, 0.25) is 5.91 Å². The lowest BCUT2D eigenvalue weighted by Crippen LogP contribution is -2.54. The summed E-state index contributed by atoms with van der Waals surface area (Å²) in [5.41, 5.74) is 1.05. The van der Waals surface area contributed by atoms with E-state index >= 15 is 0 Å². The van der Waals surface area contributed by atoms with Crippen molar-refractivity contribution in [3.63, 3.8) is 0 Å². The molecule has 4 fully saturated rings. The van der Waals surface area contributed by atoms with Crippen molar-refractivity contribution in [2.45, 2.75) is 207 Å². The monoisotopic (exact) mass is 642 g/mol. The largest absolute Gasteiger partial charge is 0.381 e. The fourth-order valence-corrected chi connectivity index (χ4v) is 12.0. The molecule has 0 bridgehead atoms. The van der Waals surface area contributed by atoms with Gasteiger partial charge in [-0.1, -0.05) is 124 Å². The third kappa shape index (κ3) is 10.2. The van der Waals surface area contributed by atoms with Gasteiger partial charge in [0.1, 0.15) is 0 Å². The second-order valence-corrected chi connectivity index (χ2v) is 17.7. The highest BCUT2D eigenvalue weighted by atomic mass is 16.5. The zero-order valence-electron chi connectivity index (χ0n) is 31.7. The summed E-state index contributed by atoms with van der Waals surface area (Å²) in [6, 6.07) is 0. The van der Waals surface area contributed by atoms with Crippen LogP contribution in [0.15, 0.2) is 0 Å². The van der Waals surface area contributed by atoms with E-state index in [1.54, 1.807) is 0 Å². The smallest absolute Gasteiger partial charge is 0.220 e. The summed E-state index contributed by atoms with van der Waals surface area (Å²) in [6.07, 6.45) is 37.2. The molecule has 0 radical (unpaired) electrons. The normalized spacial score (nSPS) is 34.5. The highest BCUT2D eigenvalue weighted by Gasteiger charge is 2.60. The van der Waals surface area contributed by atoms with Crippen LogP contribution in [0.5, 0.6) is 0 Å². The van der Waals surface area contributed by atoms with Crippen LogP contribution < -0.4 is 5.32 Å². The van der Waals surface area contributed by atoms with Gasteiger partial charge < -0.3 is 10.1 Å². The number of hydrogen-bond acceptors (Lipinski definition) is 2. The van der Waals surface area contributed by atoms with Crippen molar-refractivity contribution in [1.82, 2.24) is 5.32 Å². The van der Waals surface area contributed by atoms with E-state index in [9.17, 15) is 4.79 Å². The summed E-state index contributed by atoms with van der Waals surface area (Å²) in [4.78, 5) is 12.8. The summed E-state index contributed by atoms with van der Waals surface area (Å²) in [5.74, 6) is 5.45. The Morgan fingerprint density at radius 1 is 0.717 bits per heavy atom. The van der Waals surface area contributed by atoms with Gasteiger partial charge in [0.25, 0.3) is 0 Å². The van der Waals surface area contributed by atoms with E-state index in [4.69, 9.17) is 4.74 Å². The average molecular weight is 642 g/mol. The minimum Gasteiger partial charge on any atom is -0.381 e. The molecule has 3 heteroatoms. The molecule has 3 nitrogen and oxygen atoms in total. The molecule has 0 spiro atoms. The molecular weight excluding hydrogens is 562 g/mol. The van der Waals surface area contributed by atoms with Crippen LogP contribution in [-0.4, -0.2) is 25.7 Å². The van der Waals surface area contributed by atoms with E-state index in [2.05, 4.69) is 33.0 Å². The second kappa shape index (κ2) is 19.6. The molecular formula is C43H79NO2. The first-order chi connectivity index (χ1) is 22.3. The Labute approximate surface area is 287 Å². The van der Waals surface area contributed by atoms with Crippen LogP contribution in [0.25, 0.3) is 0 Å². The Kier molecular flexibility index (Phi) is 16.3. The molecule has 0 aliphatic heterocycles. The quantitative estimate of drug-likeness (QED) is 0.119. The van der Waals surface area contributed by atoms with Gasteiger partial charge in [0, 0.05) is 20.1 Å². The van der Waals surface area contributed by atoms with E-state index in [1.807, 2.05) is 7.11 Å². The molecule has 0 aromatic heterocycles. The van der Waals surface area contributed by atoms with Gasteiger partial charge in [0.15, 0.2) is 0 Å². The lowest BCUT2D eigenvalue weighted by molar-refractivity contribution is -0.133. The van der Waals surface area contributed by atoms with Crippen molar-refractivity contribution in [2.75, 3.05) is 13.7 Å². The first-order valence-electron chi connectivity index (χ1n) is 21.1. The minimum atomic E-state index is 0.300. The van der Waals surface area contributed by atoms with Gasteiger partial charge in [-0.3, -0.25) is 4.79 Å². The highest BCUT2D eigenvalue weighted by Crippen LogP contribution is 2.68. The van der Waals surface area contributed by atoms with Gasteiger partial charge in [-0.2, -0.15) is 0 Å². The van der Waals surface area contributed by atoms with Gasteiger partial charge in [-0.15, -0.1) is 0 Å². The lowest BCUT2D eigenvalue weighted by Gasteiger charge is -2.61. The summed E-state index contributed by atoms with van der Waals surface area (Å²) in [7, 11) is 1.93. The number of unbranched alkanes of at least 4 members (excludes halogenated alkanes) is 15. The van der Waals surface area contributed by atoms with Gasteiger partial charge in [0.05, 0.1) is 6.10 Å². The minimum absolute atomic E-state index is 0.300. The Morgan fingerprint density at radius 3 is 1.89 bits per heavy atom. The first kappa shape index (κ1) is 38.2. The molecule has 0 aromatic carbocycles. The molecule has 4 aliphatic rings. The molecule has 3 unspecified atom stereocenters. The van der Waals surface area contributed by atoms with Gasteiger partial charge >= 0.3 is 0 Å². The van der Waals surface area contributed by atoms with E-state index < -0.39 is 0 Å². The van der Waals surface area contributed by atoms with E-state index in [0.29, 0.717) is 28.8 Å². The number of amides is 1. The second-order valence-electron chi connectivity index (χ2n) is 17.7. The molecule has 4 rings (SSSR count). The number of methoxy groups -OCH3 is 1. The Hall–Kier alpha value is -0.570. The van der Waals surface area contributed by atoms with Crippen LogP contribution in [0.4, 0.5) is 0 Å². The van der Waals surface area contributed by atoms with Gasteiger partial charge in [-0.05, 0) is 117 Å². The Bertz CT molecular complexity index is 858. The third-order valence-electron chi connectivity index (χ3n) is 14.9. The van der Waals surface area contributed by atoms with Crippen molar-refractivity contribution in [2.24, 2.45) is 46.3 Å². The first-order valence-corrected chi connectivity index (χ1v) is 21.1. The predicted molar refractivity (Wildman–Crippen MR) is 197 cm³/mol. The van der Waals surface area contributed by atoms with Crippen LogP contribution >= 0.6 is 0 Å². The average Bonchev–Trinajstić information content (AvgIpc) is 3.42. The number of carbonyl (C=O) groups excluding carboxylic acids is 1. The van der Waals surface area contributed by atoms with Crippen molar-refractivity contribution in [3.8, 4) is 0 Å². The summed E-state index contributed by atoms with van der Waals surface area (Å²) in [6.45, 7) is 11.0. The number of rotatable bonds is 22. The van der Waals surface area contributed by atoms with Crippen LogP contribution in [0.1, 0.15) is 201 Å². The summed E-state index contributed by atoms with van der Waals surface area (Å²) in [5, 5.41) is 3.27. The lowest BCUT2D eigenvalue weighted by atomic mass is 9.44. The molecule has 268 valence electrons. The third-order valence-corrected chi connectivity index (χ3v) is 14.9. The highest BCUT2D eigenvalue weighted by molar-refractivity contribution is 5.75. The molecule has 46 heavy (non-hydrogen) atoms. The maximum atomic E-state index is 12.8. The van der Waals surface area contributed by atoms with E-state index in [-0.39, 0.29) is 0 Å². The molecule has 1 N–H and O–H groups in total. The van der Waals surface area contributed by atoms with E-state index in [0.717, 1.165) is 55.4 Å². The molecule has 1 amide bonds. The Balaban J connectivity index is 1.02. The van der Waals surface area contributed by atoms with E-state index in [1.165, 1.54) is 154 Å². The van der Waals surface area contributed by atoms with Crippen molar-refractivity contribution in [3.05, 3.63) is 0 Å². The standard InChI is InChI=1S/C43H79NO2/c1-6-7-8-9-10-11-12-13-14-15-16-17-18-19-20-21-32-44-41(45)27-22-34(2)38-25-26-39-37-24-23-35-33-36(46-5)28-30-42(35,3)40(37)29-31-43(38,39)4/h34-40H,6-33H2,1-5H3,(H,44,45)/t34-,35-,36-,37?,38-,39?,40?,42+,43-/m1/s1. The SMILES string of the molecule is CCCCCCCCCCCCCCCCCCNC(=O)CC[C@@H](C)[C@H]1CCC2C3CC[C@@H]4C[C@H](OC)CC[C@]4(C)C3CC[C@@]21C. The number of fused-ring (bicyclic) bond motifs is 5. The number of ether oxygens (including phenoxy) is 1. The molecule has 9 atom stereocenters. The van der Waals surface area contributed by atoms with Crippen LogP contribution in [0.2, 0.25) is 0 Å². The summed E-state index contributed by atoms with van der Waals surface area (Å²) >= 11 is 0. The molecule has 4 saturated carbocycles. The Morgan fingerprint density at radius 2 is 1.28 bits per heavy atom. The zero-order valence-corrected chi connectivity index (χ0v) is 31.7. The molecule has 0 saturated heterocycles. The van der Waals surface area contributed by atoms with Crippen LogP contribution in [0, 0.1) is 46.3 Å². The van der Waals surface area contributed by atoms with Crippen molar-refractivity contribution >= 4 is 5.91 Å². The fraction of sp³-hybridized carbons (Fsp3) is 0.977. The van der Waals surface area contributed by atoms with Gasteiger partial charge in [-0.25, -0.2) is 0 Å². The van der Waals surface area contributed by atoms with Crippen molar-refractivity contribution in [1.29, 1.82) is 0 Å².